The smallest absolute Gasteiger partial charge is 0.228 e. The van der Waals surface area contributed by atoms with Crippen LogP contribution >= 0.6 is 0 Å². The lowest BCUT2D eigenvalue weighted by molar-refractivity contribution is -0.659. The number of furan rings is 1. The minimum Gasteiger partial charge on any atom is -0.455 e. The van der Waals surface area contributed by atoms with Crippen molar-refractivity contribution in [3.8, 4) is 22.8 Å². The van der Waals surface area contributed by atoms with Crippen LogP contribution in [-0.4, -0.2) is 0 Å². The highest BCUT2D eigenvalue weighted by molar-refractivity contribution is 6.21. The van der Waals surface area contributed by atoms with Gasteiger partial charge in [-0.3, -0.25) is 0 Å². The highest BCUT2D eigenvalue weighted by Gasteiger charge is 2.35. The Morgan fingerprint density at radius 2 is 1.53 bits per heavy atom. The Morgan fingerprint density at radius 3 is 2.28 bits per heavy atom. The molecule has 7 rings (SSSR count). The van der Waals surface area contributed by atoms with Crippen LogP contribution in [0.5, 0.6) is 11.5 Å². The molecule has 0 saturated carbocycles. The average Bonchev–Trinajstić information content (AvgIpc) is 3.21. The van der Waals surface area contributed by atoms with Gasteiger partial charge in [0.15, 0.2) is 6.20 Å². The number of benzene rings is 4. The molecule has 3 nitrogen and oxygen atoms in total. The van der Waals surface area contributed by atoms with E-state index in [1.807, 2.05) is 12.1 Å². The zero-order valence-electron chi connectivity index (χ0n) is 21.7. The molecule has 3 heterocycles. The molecule has 0 atom stereocenters. The summed E-state index contributed by atoms with van der Waals surface area (Å²) in [6.45, 7) is 11.3. The van der Waals surface area contributed by atoms with E-state index < -0.39 is 0 Å². The summed E-state index contributed by atoms with van der Waals surface area (Å²) in [4.78, 5) is 0. The van der Waals surface area contributed by atoms with Crippen molar-refractivity contribution in [1.82, 2.24) is 0 Å². The Kier molecular flexibility index (Phi) is 4.23. The molecule has 0 spiro atoms. The Balaban J connectivity index is 1.70. The van der Waals surface area contributed by atoms with Crippen molar-refractivity contribution < 1.29 is 13.7 Å². The predicted molar refractivity (Wildman–Crippen MR) is 148 cm³/mol. The molecule has 1 aliphatic heterocycles. The highest BCUT2D eigenvalue weighted by atomic mass is 16.5. The fourth-order valence-corrected chi connectivity index (χ4v) is 6.29. The standard InChI is InChI=1S/C33H30NO2/c1-18-17-34(6)30-28-19(2)20-11-7-8-12-21(20)24(16-33(3,4)5)32(28)36-26-15-23-22-13-9-10-14-25(22)35-31(23)27(18)29(26)30/h7-15,17H,16H2,1-6H3/q+1. The minimum atomic E-state index is 0.116. The van der Waals surface area contributed by atoms with E-state index in [-0.39, 0.29) is 5.41 Å². The van der Waals surface area contributed by atoms with Gasteiger partial charge in [0, 0.05) is 27.3 Å². The van der Waals surface area contributed by atoms with E-state index >= 15 is 0 Å². The second-order valence-corrected chi connectivity index (χ2v) is 11.6. The number of rotatable bonds is 1. The van der Waals surface area contributed by atoms with Crippen LogP contribution in [0.3, 0.4) is 0 Å². The maximum absolute atomic E-state index is 7.00. The largest absolute Gasteiger partial charge is 0.455 e. The van der Waals surface area contributed by atoms with Crippen LogP contribution in [0.1, 0.15) is 37.5 Å². The summed E-state index contributed by atoms with van der Waals surface area (Å²) < 4.78 is 15.8. The summed E-state index contributed by atoms with van der Waals surface area (Å²) >= 11 is 0. The fraction of sp³-hybridized carbons (Fsp3) is 0.242. The third-order valence-electron chi connectivity index (χ3n) is 7.69. The lowest BCUT2D eigenvalue weighted by Gasteiger charge is -2.28. The zero-order chi connectivity index (χ0) is 24.9. The van der Waals surface area contributed by atoms with Gasteiger partial charge in [0.2, 0.25) is 5.69 Å². The summed E-state index contributed by atoms with van der Waals surface area (Å²) in [7, 11) is 2.15. The Hall–Kier alpha value is -3.85. The van der Waals surface area contributed by atoms with Crippen molar-refractivity contribution in [1.29, 1.82) is 0 Å². The molecule has 0 N–H and O–H groups in total. The molecule has 1 aliphatic rings. The van der Waals surface area contributed by atoms with Gasteiger partial charge in [0.25, 0.3) is 0 Å². The number of fused-ring (bicyclic) bond motifs is 7. The SMILES string of the molecule is Cc1c2c(c(CC(C)(C)C)c3ccccc13)Oc1cc3c4ccccc4oc3c3c(C)c[n+](C)c-2c13. The first-order valence-corrected chi connectivity index (χ1v) is 12.7. The maximum Gasteiger partial charge on any atom is 0.228 e. The van der Waals surface area contributed by atoms with Gasteiger partial charge in [-0.1, -0.05) is 63.2 Å². The molecule has 36 heavy (non-hydrogen) atoms. The molecule has 0 radical (unpaired) electrons. The van der Waals surface area contributed by atoms with E-state index in [9.17, 15) is 0 Å². The van der Waals surface area contributed by atoms with Crippen LogP contribution in [0, 0.1) is 19.3 Å². The molecule has 0 amide bonds. The number of nitrogens with zero attached hydrogens (tertiary/aromatic N) is 1. The third-order valence-corrected chi connectivity index (χ3v) is 7.69. The van der Waals surface area contributed by atoms with Crippen LogP contribution in [0.15, 0.2) is 65.2 Å². The third kappa shape index (κ3) is 2.83. The maximum atomic E-state index is 7.00. The van der Waals surface area contributed by atoms with Crippen molar-refractivity contribution >= 4 is 43.5 Å². The summed E-state index contributed by atoms with van der Waals surface area (Å²) in [5.74, 6) is 1.91. The second-order valence-electron chi connectivity index (χ2n) is 11.6. The van der Waals surface area contributed by atoms with Crippen LogP contribution in [0.25, 0.3) is 54.7 Å². The molecule has 0 aliphatic carbocycles. The zero-order valence-corrected chi connectivity index (χ0v) is 21.7. The first kappa shape index (κ1) is 21.4. The molecule has 2 aromatic heterocycles. The predicted octanol–water partition coefficient (Wildman–Crippen LogP) is 8.70. The van der Waals surface area contributed by atoms with Crippen molar-refractivity contribution in [2.75, 3.05) is 0 Å². The number of aromatic nitrogens is 1. The van der Waals surface area contributed by atoms with E-state index in [0.717, 1.165) is 50.6 Å². The molecule has 6 aromatic rings. The van der Waals surface area contributed by atoms with Gasteiger partial charge in [-0.2, -0.15) is 4.57 Å². The highest BCUT2D eigenvalue weighted by Crippen LogP contribution is 2.53. The molecule has 0 unspecified atom stereocenters. The van der Waals surface area contributed by atoms with Gasteiger partial charge >= 0.3 is 0 Å². The lowest BCUT2D eigenvalue weighted by atomic mass is 9.81. The Labute approximate surface area is 210 Å². The number of hydrogen-bond acceptors (Lipinski definition) is 2. The minimum absolute atomic E-state index is 0.116. The van der Waals surface area contributed by atoms with Gasteiger partial charge < -0.3 is 9.15 Å². The molecule has 0 fully saturated rings. The van der Waals surface area contributed by atoms with Crippen molar-refractivity contribution in [2.45, 2.75) is 41.0 Å². The fourth-order valence-electron chi connectivity index (χ4n) is 6.29. The first-order chi connectivity index (χ1) is 17.2. The normalized spacial score (nSPS) is 13.1. The van der Waals surface area contributed by atoms with Crippen molar-refractivity contribution in [3.63, 3.8) is 0 Å². The number of ether oxygens (including phenoxy) is 1. The average molecular weight is 473 g/mol. The van der Waals surface area contributed by atoms with Gasteiger partial charge in [-0.25, -0.2) is 0 Å². The van der Waals surface area contributed by atoms with E-state index in [0.29, 0.717) is 0 Å². The first-order valence-electron chi connectivity index (χ1n) is 12.7. The van der Waals surface area contributed by atoms with Crippen molar-refractivity contribution in [2.24, 2.45) is 12.5 Å². The van der Waals surface area contributed by atoms with E-state index in [1.54, 1.807) is 0 Å². The summed E-state index contributed by atoms with van der Waals surface area (Å²) in [5, 5.41) is 7.08. The molecule has 3 heteroatoms. The number of para-hydroxylation sites is 1. The molecular formula is C33H30NO2+. The van der Waals surface area contributed by atoms with E-state index in [4.69, 9.17) is 9.15 Å². The topological polar surface area (TPSA) is 26.2 Å². The summed E-state index contributed by atoms with van der Waals surface area (Å²) in [5.41, 5.74) is 8.09. The van der Waals surface area contributed by atoms with Crippen LogP contribution in [0.2, 0.25) is 0 Å². The van der Waals surface area contributed by atoms with Crippen molar-refractivity contribution in [3.05, 3.63) is 77.5 Å². The molecule has 178 valence electrons. The van der Waals surface area contributed by atoms with Gasteiger partial charge in [0.05, 0.1) is 5.56 Å². The van der Waals surface area contributed by atoms with Gasteiger partial charge in [-0.15, -0.1) is 0 Å². The van der Waals surface area contributed by atoms with Crippen LogP contribution in [-0.2, 0) is 13.5 Å². The Bertz CT molecular complexity index is 1900. The number of hydrogen-bond donors (Lipinski definition) is 0. The summed E-state index contributed by atoms with van der Waals surface area (Å²) in [6.07, 6.45) is 3.17. The van der Waals surface area contributed by atoms with Crippen LogP contribution in [0.4, 0.5) is 0 Å². The van der Waals surface area contributed by atoms with Crippen LogP contribution < -0.4 is 9.30 Å². The molecule has 4 aromatic carbocycles. The second kappa shape index (κ2) is 7.10. The molecule has 0 bridgehead atoms. The Morgan fingerprint density at radius 1 is 0.833 bits per heavy atom. The number of aryl methyl sites for hydroxylation is 3. The lowest BCUT2D eigenvalue weighted by Crippen LogP contribution is -2.33. The summed E-state index contributed by atoms with van der Waals surface area (Å²) in [6, 6.07) is 19.3. The van der Waals surface area contributed by atoms with E-state index in [1.165, 1.54) is 38.7 Å². The van der Waals surface area contributed by atoms with E-state index in [2.05, 4.69) is 94.9 Å². The monoisotopic (exact) mass is 472 g/mol. The molecule has 0 saturated heterocycles. The van der Waals surface area contributed by atoms with Gasteiger partial charge in [0.1, 0.15) is 35.1 Å². The quantitative estimate of drug-likeness (QED) is 0.223. The molecular weight excluding hydrogens is 442 g/mol. The number of pyridine rings is 1. The van der Waals surface area contributed by atoms with Gasteiger partial charge in [-0.05, 0) is 54.2 Å².